The number of hydrogen-bond donors (Lipinski definition) is 0. The van der Waals surface area contributed by atoms with Crippen LogP contribution in [0.5, 0.6) is 0 Å². The van der Waals surface area contributed by atoms with E-state index in [-0.39, 0.29) is 6.42 Å². The quantitative estimate of drug-likeness (QED) is 0.426. The van der Waals surface area contributed by atoms with E-state index in [4.69, 9.17) is 0 Å². The molecule has 2 heterocycles. The normalized spacial score (nSPS) is 22.1. The first-order valence-corrected chi connectivity index (χ1v) is 3.77. The summed E-state index contributed by atoms with van der Waals surface area (Å²) in [6.07, 6.45) is 1.55. The van der Waals surface area contributed by atoms with Gasteiger partial charge >= 0.3 is 11.9 Å². The van der Waals surface area contributed by atoms with E-state index >= 15 is 0 Å². The Kier molecular flexibility index (Phi) is 1.61. The summed E-state index contributed by atoms with van der Waals surface area (Å²) in [5.74, 6) is -1.54. The maximum absolute atomic E-state index is 11.1. The molecule has 68 valence electrons. The van der Waals surface area contributed by atoms with E-state index in [9.17, 15) is 9.59 Å². The maximum Gasteiger partial charge on any atom is 0.323 e. The van der Waals surface area contributed by atoms with Crippen LogP contribution in [0.3, 0.4) is 0 Å². The molecule has 1 unspecified atom stereocenters. The number of esters is 2. The van der Waals surface area contributed by atoms with Crippen LogP contribution in [0.1, 0.15) is 18.0 Å². The molecule has 0 amide bonds. The van der Waals surface area contributed by atoms with Gasteiger partial charge in [-0.3, -0.25) is 14.3 Å². The van der Waals surface area contributed by atoms with E-state index in [0.29, 0.717) is 5.69 Å². The highest BCUT2D eigenvalue weighted by Crippen LogP contribution is 2.25. The van der Waals surface area contributed by atoms with Gasteiger partial charge in [0, 0.05) is 7.05 Å². The first-order chi connectivity index (χ1) is 6.18. The molecule has 0 aromatic carbocycles. The van der Waals surface area contributed by atoms with Gasteiger partial charge in [-0.2, -0.15) is 0 Å². The molecule has 1 aliphatic heterocycles. The van der Waals surface area contributed by atoms with Crippen molar-refractivity contribution in [2.75, 3.05) is 0 Å². The van der Waals surface area contributed by atoms with Crippen LogP contribution in [0.25, 0.3) is 0 Å². The summed E-state index contributed by atoms with van der Waals surface area (Å²) >= 11 is 0. The molecule has 0 aliphatic carbocycles. The molecule has 1 aromatic heterocycles. The Morgan fingerprint density at radius 2 is 2.38 bits per heavy atom. The Labute approximate surface area is 73.5 Å². The number of ether oxygens (including phenoxy) is 1. The lowest BCUT2D eigenvalue weighted by atomic mass is 10.1. The Balaban J connectivity index is 2.32. The molecule has 1 saturated heterocycles. The highest BCUT2D eigenvalue weighted by Gasteiger charge is 2.36. The van der Waals surface area contributed by atoms with Crippen LogP contribution in [0.2, 0.25) is 0 Å². The lowest BCUT2D eigenvalue weighted by Crippen LogP contribution is -2.10. The second kappa shape index (κ2) is 2.65. The van der Waals surface area contributed by atoms with E-state index < -0.39 is 17.9 Å². The first kappa shape index (κ1) is 7.90. The molecule has 2 rings (SSSR count). The van der Waals surface area contributed by atoms with Gasteiger partial charge in [-0.05, 0) is 0 Å². The van der Waals surface area contributed by atoms with Gasteiger partial charge < -0.3 is 4.74 Å². The van der Waals surface area contributed by atoms with E-state index in [1.165, 1.54) is 10.9 Å². The van der Waals surface area contributed by atoms with Crippen molar-refractivity contribution in [3.05, 3.63) is 11.9 Å². The third-order valence-electron chi connectivity index (χ3n) is 1.98. The van der Waals surface area contributed by atoms with Crippen LogP contribution < -0.4 is 0 Å². The number of aromatic nitrogens is 3. The Morgan fingerprint density at radius 3 is 2.85 bits per heavy atom. The number of rotatable bonds is 1. The molecule has 13 heavy (non-hydrogen) atoms. The van der Waals surface area contributed by atoms with Gasteiger partial charge in [-0.25, -0.2) is 0 Å². The van der Waals surface area contributed by atoms with Crippen molar-refractivity contribution in [1.29, 1.82) is 0 Å². The molecule has 0 bridgehead atoms. The van der Waals surface area contributed by atoms with Crippen molar-refractivity contribution in [1.82, 2.24) is 15.0 Å². The third-order valence-corrected chi connectivity index (χ3v) is 1.98. The molecule has 1 aliphatic rings. The minimum Gasteiger partial charge on any atom is -0.393 e. The maximum atomic E-state index is 11.1. The summed E-state index contributed by atoms with van der Waals surface area (Å²) in [7, 11) is 1.67. The number of aryl methyl sites for hydroxylation is 1. The molecule has 0 N–H and O–H groups in total. The molecule has 6 nitrogen and oxygen atoms in total. The lowest BCUT2D eigenvalue weighted by Gasteiger charge is -2.01. The topological polar surface area (TPSA) is 74.1 Å². The average Bonchev–Trinajstić information content (AvgIpc) is 2.58. The largest absolute Gasteiger partial charge is 0.393 e. The molecule has 0 radical (unpaired) electrons. The molecule has 1 aromatic rings. The number of carbonyl (C=O) groups excluding carboxylic acids is 2. The molecule has 6 heteroatoms. The summed E-state index contributed by atoms with van der Waals surface area (Å²) in [6.45, 7) is 0. The van der Waals surface area contributed by atoms with Crippen molar-refractivity contribution < 1.29 is 14.3 Å². The molecular weight excluding hydrogens is 174 g/mol. The van der Waals surface area contributed by atoms with Gasteiger partial charge in [0.05, 0.1) is 18.3 Å². The van der Waals surface area contributed by atoms with E-state index in [0.717, 1.165) is 0 Å². The van der Waals surface area contributed by atoms with Gasteiger partial charge in [0.1, 0.15) is 5.92 Å². The van der Waals surface area contributed by atoms with Crippen LogP contribution in [0.15, 0.2) is 6.20 Å². The zero-order chi connectivity index (χ0) is 9.42. The summed E-state index contributed by atoms with van der Waals surface area (Å²) in [5.41, 5.74) is 0.607. The minimum atomic E-state index is -0.535. The van der Waals surface area contributed by atoms with Crippen LogP contribution in [-0.4, -0.2) is 26.9 Å². The smallest absolute Gasteiger partial charge is 0.323 e. The van der Waals surface area contributed by atoms with Crippen LogP contribution in [0, 0.1) is 0 Å². The monoisotopic (exact) mass is 181 g/mol. The van der Waals surface area contributed by atoms with E-state index in [1.54, 1.807) is 7.05 Å². The van der Waals surface area contributed by atoms with E-state index in [2.05, 4.69) is 15.0 Å². The molecule has 1 fully saturated rings. The number of carbonyl (C=O) groups is 2. The summed E-state index contributed by atoms with van der Waals surface area (Å²) in [5, 5.41) is 7.29. The van der Waals surface area contributed by atoms with Gasteiger partial charge in [0.2, 0.25) is 0 Å². The average molecular weight is 181 g/mol. The fourth-order valence-corrected chi connectivity index (χ4v) is 1.31. The molecule has 0 spiro atoms. The standard InChI is InChI=1S/C7H7N3O3/c1-10-5(3-8-9-10)4-2-6(11)13-7(4)12/h3-4H,2H2,1H3. The Morgan fingerprint density at radius 1 is 1.62 bits per heavy atom. The zero-order valence-corrected chi connectivity index (χ0v) is 6.93. The highest BCUT2D eigenvalue weighted by atomic mass is 16.6. The summed E-state index contributed by atoms with van der Waals surface area (Å²) < 4.78 is 5.87. The Bertz CT molecular complexity index is 371. The van der Waals surface area contributed by atoms with Crippen LogP contribution >= 0.6 is 0 Å². The summed E-state index contributed by atoms with van der Waals surface area (Å²) in [4.78, 5) is 21.9. The zero-order valence-electron chi connectivity index (χ0n) is 6.93. The first-order valence-electron chi connectivity index (χ1n) is 3.77. The molecular formula is C7H7N3O3. The second-order valence-corrected chi connectivity index (χ2v) is 2.83. The van der Waals surface area contributed by atoms with Gasteiger partial charge in [0.15, 0.2) is 0 Å². The van der Waals surface area contributed by atoms with Crippen molar-refractivity contribution in [3.8, 4) is 0 Å². The van der Waals surface area contributed by atoms with Gasteiger partial charge in [-0.1, -0.05) is 5.21 Å². The second-order valence-electron chi connectivity index (χ2n) is 2.83. The summed E-state index contributed by atoms with van der Waals surface area (Å²) in [6, 6.07) is 0. The third kappa shape index (κ3) is 1.20. The fraction of sp³-hybridized carbons (Fsp3) is 0.429. The van der Waals surface area contributed by atoms with Crippen molar-refractivity contribution in [2.45, 2.75) is 12.3 Å². The van der Waals surface area contributed by atoms with Crippen molar-refractivity contribution >= 4 is 11.9 Å². The predicted octanol–water partition coefficient (Wildman–Crippen LogP) is -0.628. The highest BCUT2D eigenvalue weighted by molar-refractivity contribution is 5.97. The van der Waals surface area contributed by atoms with Crippen LogP contribution in [-0.2, 0) is 21.4 Å². The van der Waals surface area contributed by atoms with E-state index in [1.807, 2.05) is 0 Å². The number of nitrogens with zero attached hydrogens (tertiary/aromatic N) is 3. The molecule has 1 atom stereocenters. The number of cyclic esters (lactones) is 2. The van der Waals surface area contributed by atoms with Crippen molar-refractivity contribution in [3.63, 3.8) is 0 Å². The SMILES string of the molecule is Cn1nncc1C1CC(=O)OC1=O. The fourth-order valence-electron chi connectivity index (χ4n) is 1.31. The minimum absolute atomic E-state index is 0.0834. The lowest BCUT2D eigenvalue weighted by molar-refractivity contribution is -0.152. The predicted molar refractivity (Wildman–Crippen MR) is 39.5 cm³/mol. The van der Waals surface area contributed by atoms with Gasteiger partial charge in [0.25, 0.3) is 0 Å². The van der Waals surface area contributed by atoms with Crippen molar-refractivity contribution in [2.24, 2.45) is 7.05 Å². The van der Waals surface area contributed by atoms with Gasteiger partial charge in [-0.15, -0.1) is 5.10 Å². The molecule has 0 saturated carbocycles. The van der Waals surface area contributed by atoms with Crippen LogP contribution in [0.4, 0.5) is 0 Å². The Hall–Kier alpha value is -1.72. The number of hydrogen-bond acceptors (Lipinski definition) is 5.